The molecule has 0 spiro atoms. The van der Waals surface area contributed by atoms with E-state index in [2.05, 4.69) is 32.5 Å². The van der Waals surface area contributed by atoms with Gasteiger partial charge in [0.25, 0.3) is 0 Å². The van der Waals surface area contributed by atoms with Crippen molar-refractivity contribution in [1.82, 2.24) is 14.8 Å². The topological polar surface area (TPSA) is 33.6 Å². The molecule has 2 heterocycles. The molecule has 2 aromatic heterocycles. The zero-order valence-corrected chi connectivity index (χ0v) is 13.5. The lowest BCUT2D eigenvalue weighted by Gasteiger charge is -2.05. The third kappa shape index (κ3) is 4.19. The van der Waals surface area contributed by atoms with Gasteiger partial charge in [-0.2, -0.15) is 16.9 Å². The highest BCUT2D eigenvalue weighted by molar-refractivity contribution is 7.98. The number of rotatable bonds is 8. The van der Waals surface area contributed by atoms with E-state index in [4.69, 9.17) is 12.2 Å². The van der Waals surface area contributed by atoms with Crippen molar-refractivity contribution in [1.29, 1.82) is 0 Å². The van der Waals surface area contributed by atoms with Gasteiger partial charge in [-0.05, 0) is 48.5 Å². The predicted molar refractivity (Wildman–Crippen MR) is 87.6 cm³/mol. The summed E-state index contributed by atoms with van der Waals surface area (Å²) in [4.78, 5) is 1.18. The van der Waals surface area contributed by atoms with E-state index in [0.717, 1.165) is 17.1 Å². The van der Waals surface area contributed by atoms with Gasteiger partial charge in [-0.3, -0.25) is 9.67 Å². The summed E-state index contributed by atoms with van der Waals surface area (Å²) in [6.07, 6.45) is 7.21. The van der Waals surface area contributed by atoms with Crippen LogP contribution in [0.3, 0.4) is 0 Å². The van der Waals surface area contributed by atoms with Crippen molar-refractivity contribution < 1.29 is 0 Å². The second-order valence-corrected chi connectivity index (χ2v) is 6.71. The molecule has 0 aliphatic rings. The van der Waals surface area contributed by atoms with Gasteiger partial charge in [0.05, 0.1) is 4.88 Å². The van der Waals surface area contributed by atoms with E-state index >= 15 is 0 Å². The van der Waals surface area contributed by atoms with Gasteiger partial charge >= 0.3 is 0 Å². The summed E-state index contributed by atoms with van der Waals surface area (Å²) >= 11 is 8.94. The average molecular weight is 314 g/mol. The van der Waals surface area contributed by atoms with Gasteiger partial charge in [-0.1, -0.05) is 18.9 Å². The highest BCUT2D eigenvalue weighted by Gasteiger charge is 2.08. The number of aromatic amines is 1. The summed E-state index contributed by atoms with van der Waals surface area (Å²) in [5.74, 6) is 2.25. The Labute approximate surface area is 127 Å². The van der Waals surface area contributed by atoms with E-state index in [0.29, 0.717) is 0 Å². The number of thiophene rings is 1. The molecule has 104 valence electrons. The predicted octanol–water partition coefficient (Wildman–Crippen LogP) is 4.59. The van der Waals surface area contributed by atoms with E-state index in [1.165, 1.54) is 36.3 Å². The van der Waals surface area contributed by atoms with Crippen LogP contribution in [0.2, 0.25) is 0 Å². The Hall–Kier alpha value is -0.590. The number of hydrogen-bond acceptors (Lipinski definition) is 4. The van der Waals surface area contributed by atoms with Crippen molar-refractivity contribution in [3.8, 4) is 10.7 Å². The molecule has 0 aliphatic carbocycles. The minimum Gasteiger partial charge on any atom is -0.299 e. The van der Waals surface area contributed by atoms with Crippen LogP contribution in [0.4, 0.5) is 0 Å². The second-order valence-electron chi connectivity index (χ2n) is 4.39. The summed E-state index contributed by atoms with van der Waals surface area (Å²) in [7, 11) is 0. The molecule has 0 bridgehead atoms. The number of nitrogens with zero attached hydrogens (tertiary/aromatic N) is 2. The summed E-state index contributed by atoms with van der Waals surface area (Å²) in [5, 5.41) is 9.31. The van der Waals surface area contributed by atoms with Crippen molar-refractivity contribution >= 4 is 35.3 Å². The lowest BCUT2D eigenvalue weighted by atomic mass is 10.2. The third-order valence-corrected chi connectivity index (χ3v) is 4.85. The molecule has 0 aliphatic heterocycles. The molecule has 0 saturated carbocycles. The fourth-order valence-electron chi connectivity index (χ4n) is 1.99. The van der Waals surface area contributed by atoms with Gasteiger partial charge in [-0.15, -0.1) is 11.3 Å². The number of nitrogens with one attached hydrogen (secondary N) is 1. The molecule has 19 heavy (non-hydrogen) atoms. The molecule has 1 N–H and O–H groups in total. The van der Waals surface area contributed by atoms with Crippen molar-refractivity contribution in [3.63, 3.8) is 0 Å². The van der Waals surface area contributed by atoms with Gasteiger partial charge in [0.1, 0.15) is 0 Å². The fourth-order valence-corrected chi connectivity index (χ4v) is 3.43. The minimum atomic E-state index is 0.729. The Kier molecular flexibility index (Phi) is 6.13. The van der Waals surface area contributed by atoms with Gasteiger partial charge in [-0.25, -0.2) is 0 Å². The molecular weight excluding hydrogens is 294 g/mol. The molecule has 0 aromatic carbocycles. The SMILES string of the molecule is CSCCCCCCn1c(-c2cccs2)n[nH]c1=S. The number of unbranched alkanes of at least 4 members (excludes halogenated alkanes) is 3. The van der Waals surface area contributed by atoms with Crippen LogP contribution in [0, 0.1) is 4.77 Å². The van der Waals surface area contributed by atoms with E-state index < -0.39 is 0 Å². The Bertz CT molecular complexity index is 528. The van der Waals surface area contributed by atoms with Crippen LogP contribution in [-0.2, 0) is 6.54 Å². The Morgan fingerprint density at radius 3 is 2.95 bits per heavy atom. The minimum absolute atomic E-state index is 0.729. The van der Waals surface area contributed by atoms with Crippen LogP contribution < -0.4 is 0 Å². The van der Waals surface area contributed by atoms with Gasteiger partial charge in [0, 0.05) is 6.54 Å². The molecule has 0 unspecified atom stereocenters. The first-order valence-electron chi connectivity index (χ1n) is 6.51. The molecule has 0 atom stereocenters. The fraction of sp³-hybridized carbons (Fsp3) is 0.538. The van der Waals surface area contributed by atoms with Crippen molar-refractivity contribution in [2.75, 3.05) is 12.0 Å². The van der Waals surface area contributed by atoms with E-state index in [1.807, 2.05) is 17.8 Å². The van der Waals surface area contributed by atoms with E-state index in [-0.39, 0.29) is 0 Å². The summed E-state index contributed by atoms with van der Waals surface area (Å²) in [6, 6.07) is 4.13. The van der Waals surface area contributed by atoms with Crippen LogP contribution in [-0.4, -0.2) is 26.8 Å². The maximum absolute atomic E-state index is 5.31. The zero-order valence-electron chi connectivity index (χ0n) is 11.1. The van der Waals surface area contributed by atoms with Crippen molar-refractivity contribution in [3.05, 3.63) is 22.3 Å². The van der Waals surface area contributed by atoms with Gasteiger partial charge in [0.15, 0.2) is 10.6 Å². The van der Waals surface area contributed by atoms with E-state index in [9.17, 15) is 0 Å². The van der Waals surface area contributed by atoms with Crippen LogP contribution in [0.15, 0.2) is 17.5 Å². The molecule has 6 heteroatoms. The number of H-pyrrole nitrogens is 1. The Morgan fingerprint density at radius 2 is 2.21 bits per heavy atom. The molecule has 0 amide bonds. The lowest BCUT2D eigenvalue weighted by Crippen LogP contribution is -2.00. The maximum atomic E-state index is 5.31. The van der Waals surface area contributed by atoms with Crippen LogP contribution in [0.5, 0.6) is 0 Å². The first-order valence-corrected chi connectivity index (χ1v) is 9.19. The highest BCUT2D eigenvalue weighted by Crippen LogP contribution is 2.23. The molecule has 2 rings (SSSR count). The molecule has 2 aromatic rings. The monoisotopic (exact) mass is 313 g/mol. The Morgan fingerprint density at radius 1 is 1.37 bits per heavy atom. The normalized spacial score (nSPS) is 11.0. The quantitative estimate of drug-likeness (QED) is 0.571. The lowest BCUT2D eigenvalue weighted by molar-refractivity contribution is 0.582. The third-order valence-electron chi connectivity index (χ3n) is 2.98. The smallest absolute Gasteiger partial charge is 0.195 e. The average Bonchev–Trinajstić information content (AvgIpc) is 3.04. The van der Waals surface area contributed by atoms with Gasteiger partial charge < -0.3 is 0 Å². The highest BCUT2D eigenvalue weighted by atomic mass is 32.2. The van der Waals surface area contributed by atoms with E-state index in [1.54, 1.807) is 11.3 Å². The Balaban J connectivity index is 1.90. The van der Waals surface area contributed by atoms with Crippen molar-refractivity contribution in [2.24, 2.45) is 0 Å². The standard InChI is InChI=1S/C13H19N3S3/c1-18-9-5-3-2-4-8-16-12(14-15-13(16)17)11-7-6-10-19-11/h6-7,10H,2-5,8-9H2,1H3,(H,15,17). The van der Waals surface area contributed by atoms with Crippen molar-refractivity contribution in [2.45, 2.75) is 32.2 Å². The summed E-state index contributed by atoms with van der Waals surface area (Å²) in [5.41, 5.74) is 0. The summed E-state index contributed by atoms with van der Waals surface area (Å²) < 4.78 is 2.85. The van der Waals surface area contributed by atoms with Crippen LogP contribution >= 0.6 is 35.3 Å². The number of thioether (sulfide) groups is 1. The zero-order chi connectivity index (χ0) is 13.5. The molecular formula is C13H19N3S3. The molecule has 3 nitrogen and oxygen atoms in total. The first-order chi connectivity index (χ1) is 9.33. The number of hydrogen-bond donors (Lipinski definition) is 1. The molecule has 0 saturated heterocycles. The molecule has 0 fully saturated rings. The van der Waals surface area contributed by atoms with Crippen LogP contribution in [0.25, 0.3) is 10.7 Å². The molecule has 0 radical (unpaired) electrons. The largest absolute Gasteiger partial charge is 0.299 e. The maximum Gasteiger partial charge on any atom is 0.195 e. The van der Waals surface area contributed by atoms with Gasteiger partial charge in [0.2, 0.25) is 0 Å². The first kappa shape index (κ1) is 14.8. The summed E-state index contributed by atoms with van der Waals surface area (Å²) in [6.45, 7) is 0.960. The number of aromatic nitrogens is 3. The second kappa shape index (κ2) is 7.87. The van der Waals surface area contributed by atoms with Crippen LogP contribution in [0.1, 0.15) is 25.7 Å².